The molecule has 0 bridgehead atoms. The summed E-state index contributed by atoms with van der Waals surface area (Å²) in [4.78, 5) is 10.5. The minimum atomic E-state index is -0.566. The zero-order chi connectivity index (χ0) is 20.6. The van der Waals surface area contributed by atoms with Crippen LogP contribution in [-0.2, 0) is 6.54 Å². The van der Waals surface area contributed by atoms with E-state index in [0.29, 0.717) is 43.8 Å². The van der Waals surface area contributed by atoms with E-state index in [-0.39, 0.29) is 30.0 Å². The fourth-order valence-corrected chi connectivity index (χ4v) is 3.22. The molecule has 2 aromatic rings. The van der Waals surface area contributed by atoms with Crippen LogP contribution in [0.1, 0.15) is 25.3 Å². The van der Waals surface area contributed by atoms with Crippen LogP contribution in [0.2, 0.25) is 0 Å². The van der Waals surface area contributed by atoms with Gasteiger partial charge in [-0.25, -0.2) is 13.8 Å². The average molecular weight is 531 g/mol. The van der Waals surface area contributed by atoms with Gasteiger partial charge in [0.1, 0.15) is 11.6 Å². The van der Waals surface area contributed by atoms with Gasteiger partial charge in [-0.05, 0) is 30.5 Å². The molecule has 30 heavy (non-hydrogen) atoms. The number of benzene rings is 1. The Hall–Kier alpha value is -2.17. The number of ether oxygens (including phenoxy) is 1. The second-order valence-electron chi connectivity index (χ2n) is 6.95. The molecule has 2 N–H and O–H groups in total. The van der Waals surface area contributed by atoms with Gasteiger partial charge in [0.15, 0.2) is 5.96 Å². The molecule has 1 atom stereocenters. The summed E-state index contributed by atoms with van der Waals surface area (Å²) >= 11 is 0. The van der Waals surface area contributed by atoms with Gasteiger partial charge in [0.25, 0.3) is 0 Å². The predicted octanol–water partition coefficient (Wildman–Crippen LogP) is 3.71. The minimum absolute atomic E-state index is 0. The highest BCUT2D eigenvalue weighted by atomic mass is 127. The van der Waals surface area contributed by atoms with Gasteiger partial charge in [-0.15, -0.1) is 24.0 Å². The molecule has 1 aromatic heterocycles. The van der Waals surface area contributed by atoms with Crippen molar-refractivity contribution in [3.8, 4) is 5.88 Å². The topological polar surface area (TPSA) is 61.8 Å². The molecule has 9 heteroatoms. The molecule has 1 unspecified atom stereocenters. The van der Waals surface area contributed by atoms with E-state index in [9.17, 15) is 8.78 Å². The lowest BCUT2D eigenvalue weighted by Gasteiger charge is -2.21. The molecule has 6 nitrogen and oxygen atoms in total. The molecule has 0 amide bonds. The van der Waals surface area contributed by atoms with E-state index < -0.39 is 11.6 Å². The SMILES string of the molecule is CCCOc1ccc(CNC(=NC)NC2CCN(c3ccc(F)cc3F)C2)cn1.I. The van der Waals surface area contributed by atoms with Crippen LogP contribution >= 0.6 is 24.0 Å². The van der Waals surface area contributed by atoms with Crippen LogP contribution in [0, 0.1) is 11.6 Å². The number of anilines is 1. The van der Waals surface area contributed by atoms with Crippen molar-refractivity contribution in [1.29, 1.82) is 0 Å². The molecule has 1 saturated heterocycles. The summed E-state index contributed by atoms with van der Waals surface area (Å²) in [7, 11) is 1.71. The molecule has 164 valence electrons. The first-order valence-corrected chi connectivity index (χ1v) is 9.84. The molecule has 0 aliphatic carbocycles. The monoisotopic (exact) mass is 531 g/mol. The number of hydrogen-bond donors (Lipinski definition) is 2. The molecular formula is C21H28F2IN5O. The molecule has 1 aliphatic heterocycles. The fraction of sp³-hybridized carbons (Fsp3) is 0.429. The number of rotatable bonds is 7. The van der Waals surface area contributed by atoms with Gasteiger partial charge in [0, 0.05) is 51.1 Å². The first-order chi connectivity index (χ1) is 14.1. The Balaban J connectivity index is 0.00000320. The standard InChI is InChI=1S/C21H27F2N5O.HI/c1-3-10-29-20-7-4-15(12-25-20)13-26-21(24-2)27-17-8-9-28(14-17)19-6-5-16(22)11-18(19)23;/h4-7,11-12,17H,3,8-10,13-14H2,1-2H3,(H2,24,26,27);1H. The van der Waals surface area contributed by atoms with Crippen molar-refractivity contribution < 1.29 is 13.5 Å². The Morgan fingerprint density at radius 3 is 2.80 bits per heavy atom. The number of aliphatic imine (C=N–C) groups is 1. The van der Waals surface area contributed by atoms with Gasteiger partial charge in [0.2, 0.25) is 5.88 Å². The summed E-state index contributed by atoms with van der Waals surface area (Å²) in [6.07, 6.45) is 3.56. The van der Waals surface area contributed by atoms with E-state index in [1.807, 2.05) is 17.0 Å². The highest BCUT2D eigenvalue weighted by molar-refractivity contribution is 14.0. The van der Waals surface area contributed by atoms with Crippen LogP contribution in [0.5, 0.6) is 5.88 Å². The number of halogens is 3. The lowest BCUT2D eigenvalue weighted by atomic mass is 10.2. The van der Waals surface area contributed by atoms with Crippen LogP contribution in [0.15, 0.2) is 41.5 Å². The normalized spacial score (nSPS) is 16.2. The Morgan fingerprint density at radius 2 is 2.13 bits per heavy atom. The number of aromatic nitrogens is 1. The van der Waals surface area contributed by atoms with Crippen LogP contribution in [0.4, 0.5) is 14.5 Å². The maximum Gasteiger partial charge on any atom is 0.213 e. The summed E-state index contributed by atoms with van der Waals surface area (Å²) in [6, 6.07) is 7.63. The van der Waals surface area contributed by atoms with Crippen molar-refractivity contribution >= 4 is 35.6 Å². The number of nitrogens with one attached hydrogen (secondary N) is 2. The van der Waals surface area contributed by atoms with Gasteiger partial charge in [-0.2, -0.15) is 0 Å². The van der Waals surface area contributed by atoms with Gasteiger partial charge in [0.05, 0.1) is 12.3 Å². The molecule has 0 spiro atoms. The van der Waals surface area contributed by atoms with Crippen molar-refractivity contribution in [1.82, 2.24) is 15.6 Å². The average Bonchev–Trinajstić information content (AvgIpc) is 3.18. The maximum atomic E-state index is 14.0. The van der Waals surface area contributed by atoms with E-state index in [0.717, 1.165) is 24.5 Å². The first kappa shape index (κ1) is 24.1. The number of guanidine groups is 1. The molecule has 0 saturated carbocycles. The smallest absolute Gasteiger partial charge is 0.213 e. The summed E-state index contributed by atoms with van der Waals surface area (Å²) < 4.78 is 32.6. The quantitative estimate of drug-likeness (QED) is 0.324. The predicted molar refractivity (Wildman–Crippen MR) is 126 cm³/mol. The van der Waals surface area contributed by atoms with Crippen molar-refractivity contribution in [3.63, 3.8) is 0 Å². The fourth-order valence-electron chi connectivity index (χ4n) is 3.22. The van der Waals surface area contributed by atoms with E-state index in [1.54, 1.807) is 13.2 Å². The zero-order valence-electron chi connectivity index (χ0n) is 17.2. The lowest BCUT2D eigenvalue weighted by molar-refractivity contribution is 0.305. The van der Waals surface area contributed by atoms with Crippen molar-refractivity contribution in [2.45, 2.75) is 32.4 Å². The summed E-state index contributed by atoms with van der Waals surface area (Å²) in [5.41, 5.74) is 1.44. The summed E-state index contributed by atoms with van der Waals surface area (Å²) in [5, 5.41) is 6.63. The van der Waals surface area contributed by atoms with E-state index in [4.69, 9.17) is 4.74 Å². The minimum Gasteiger partial charge on any atom is -0.478 e. The molecule has 1 aromatic carbocycles. The second kappa shape index (κ2) is 11.9. The third kappa shape index (κ3) is 6.68. The van der Waals surface area contributed by atoms with Crippen LogP contribution in [0.25, 0.3) is 0 Å². The van der Waals surface area contributed by atoms with Crippen molar-refractivity contribution in [2.75, 3.05) is 31.6 Å². The largest absolute Gasteiger partial charge is 0.478 e. The molecular weight excluding hydrogens is 503 g/mol. The van der Waals surface area contributed by atoms with Crippen molar-refractivity contribution in [3.05, 3.63) is 53.7 Å². The molecule has 1 fully saturated rings. The second-order valence-corrected chi connectivity index (χ2v) is 6.95. The Morgan fingerprint density at radius 1 is 1.30 bits per heavy atom. The van der Waals surface area contributed by atoms with Crippen LogP contribution in [0.3, 0.4) is 0 Å². The highest BCUT2D eigenvalue weighted by Gasteiger charge is 2.25. The van der Waals surface area contributed by atoms with Gasteiger partial charge in [-0.3, -0.25) is 4.99 Å². The van der Waals surface area contributed by atoms with Crippen LogP contribution < -0.4 is 20.3 Å². The molecule has 3 rings (SSSR count). The maximum absolute atomic E-state index is 14.0. The number of nitrogens with zero attached hydrogens (tertiary/aromatic N) is 3. The van der Waals surface area contributed by atoms with E-state index in [1.165, 1.54) is 12.1 Å². The lowest BCUT2D eigenvalue weighted by Crippen LogP contribution is -2.44. The van der Waals surface area contributed by atoms with Gasteiger partial charge < -0.3 is 20.3 Å². The Labute approximate surface area is 193 Å². The number of hydrogen-bond acceptors (Lipinski definition) is 4. The third-order valence-corrected chi connectivity index (χ3v) is 4.71. The third-order valence-electron chi connectivity index (χ3n) is 4.71. The Kier molecular flexibility index (Phi) is 9.54. The van der Waals surface area contributed by atoms with E-state index >= 15 is 0 Å². The van der Waals surface area contributed by atoms with Gasteiger partial charge in [-0.1, -0.05) is 13.0 Å². The van der Waals surface area contributed by atoms with E-state index in [2.05, 4.69) is 27.5 Å². The van der Waals surface area contributed by atoms with Crippen LogP contribution in [-0.4, -0.2) is 43.7 Å². The zero-order valence-corrected chi connectivity index (χ0v) is 19.5. The summed E-state index contributed by atoms with van der Waals surface area (Å²) in [6.45, 7) is 4.59. The molecule has 0 radical (unpaired) electrons. The first-order valence-electron chi connectivity index (χ1n) is 9.84. The summed E-state index contributed by atoms with van der Waals surface area (Å²) in [5.74, 6) is 0.191. The molecule has 2 heterocycles. The highest BCUT2D eigenvalue weighted by Crippen LogP contribution is 2.24. The Bertz CT molecular complexity index is 835. The van der Waals surface area contributed by atoms with Gasteiger partial charge >= 0.3 is 0 Å². The van der Waals surface area contributed by atoms with Crippen molar-refractivity contribution in [2.24, 2.45) is 4.99 Å². The number of pyridine rings is 1. The molecule has 1 aliphatic rings.